The first-order valence-electron chi connectivity index (χ1n) is 12.0. The van der Waals surface area contributed by atoms with Gasteiger partial charge in [-0.05, 0) is 80.4 Å². The Balaban J connectivity index is 1.37. The van der Waals surface area contributed by atoms with E-state index < -0.39 is 6.36 Å². The predicted molar refractivity (Wildman–Crippen MR) is 116 cm³/mol. The van der Waals surface area contributed by atoms with Gasteiger partial charge in [-0.25, -0.2) is 0 Å². The van der Waals surface area contributed by atoms with Crippen molar-refractivity contribution in [2.45, 2.75) is 96.8 Å². The molecule has 1 nitrogen and oxygen atoms in total. The molecule has 168 valence electrons. The normalized spacial score (nSPS) is 25.1. The molecule has 2 aliphatic rings. The van der Waals surface area contributed by atoms with E-state index in [1.54, 1.807) is 12.1 Å². The van der Waals surface area contributed by atoms with E-state index in [1.165, 1.54) is 88.3 Å². The highest BCUT2D eigenvalue weighted by Crippen LogP contribution is 2.41. The fourth-order valence-electron chi connectivity index (χ4n) is 5.36. The van der Waals surface area contributed by atoms with Crippen LogP contribution in [0, 0.1) is 17.8 Å². The lowest BCUT2D eigenvalue weighted by Crippen LogP contribution is -2.23. The van der Waals surface area contributed by atoms with Crippen LogP contribution in [0.15, 0.2) is 35.9 Å². The Hall–Kier alpha value is -1.45. The summed E-state index contributed by atoms with van der Waals surface area (Å²) in [7, 11) is 0. The molecule has 1 aromatic carbocycles. The monoisotopic (exact) mass is 422 g/mol. The maximum Gasteiger partial charge on any atom is 0.573 e. The van der Waals surface area contributed by atoms with Gasteiger partial charge in [0.15, 0.2) is 0 Å². The molecule has 1 aromatic rings. The molecule has 1 fully saturated rings. The summed E-state index contributed by atoms with van der Waals surface area (Å²) in [5.74, 6) is 2.62. The van der Waals surface area contributed by atoms with E-state index in [9.17, 15) is 13.2 Å². The zero-order valence-electron chi connectivity index (χ0n) is 18.4. The molecule has 3 rings (SSSR count). The SMILES string of the molecule is CCCCCC1CCC(C2CC=C(CCc3ccc(OC(F)(F)F)cc3)CC2)CC1. The number of hydrogen-bond acceptors (Lipinski definition) is 1. The van der Waals surface area contributed by atoms with Crippen molar-refractivity contribution in [3.63, 3.8) is 0 Å². The molecule has 1 saturated carbocycles. The van der Waals surface area contributed by atoms with E-state index in [0.29, 0.717) is 0 Å². The van der Waals surface area contributed by atoms with E-state index in [2.05, 4.69) is 17.7 Å². The van der Waals surface area contributed by atoms with Gasteiger partial charge in [-0.15, -0.1) is 13.2 Å². The second kappa shape index (κ2) is 11.2. The molecule has 0 saturated heterocycles. The summed E-state index contributed by atoms with van der Waals surface area (Å²) in [5.41, 5.74) is 2.59. The average Bonchev–Trinajstić information content (AvgIpc) is 2.73. The van der Waals surface area contributed by atoms with Gasteiger partial charge in [0.2, 0.25) is 0 Å². The molecule has 30 heavy (non-hydrogen) atoms. The molecule has 0 bridgehead atoms. The standard InChI is InChI=1S/C26H37F3O/c1-2-3-4-5-20-8-14-23(15-9-20)24-16-10-21(11-17-24)6-7-22-12-18-25(19-13-22)30-26(27,28)29/h10,12-13,18-20,23-24H,2-9,11,14-17H2,1H3. The summed E-state index contributed by atoms with van der Waals surface area (Å²) in [6.45, 7) is 2.28. The van der Waals surface area contributed by atoms with E-state index in [0.717, 1.165) is 36.2 Å². The molecule has 0 heterocycles. The van der Waals surface area contributed by atoms with Gasteiger partial charge >= 0.3 is 6.36 Å². The van der Waals surface area contributed by atoms with Gasteiger partial charge in [-0.2, -0.15) is 0 Å². The van der Waals surface area contributed by atoms with Crippen LogP contribution in [0.3, 0.4) is 0 Å². The van der Waals surface area contributed by atoms with Crippen LogP contribution in [0.1, 0.15) is 89.5 Å². The Morgan fingerprint density at radius 2 is 1.63 bits per heavy atom. The van der Waals surface area contributed by atoms with Crippen molar-refractivity contribution in [1.29, 1.82) is 0 Å². The van der Waals surface area contributed by atoms with Crippen LogP contribution < -0.4 is 4.74 Å². The van der Waals surface area contributed by atoms with Crippen LogP contribution in [0.5, 0.6) is 5.75 Å². The topological polar surface area (TPSA) is 9.23 Å². The van der Waals surface area contributed by atoms with Gasteiger partial charge in [0.05, 0.1) is 0 Å². The maximum atomic E-state index is 12.3. The Bertz CT molecular complexity index is 654. The molecule has 0 aromatic heterocycles. The van der Waals surface area contributed by atoms with Crippen LogP contribution in [0.4, 0.5) is 13.2 Å². The number of unbranched alkanes of at least 4 members (excludes halogenated alkanes) is 2. The predicted octanol–water partition coefficient (Wildman–Crippen LogP) is 8.63. The Morgan fingerprint density at radius 3 is 2.23 bits per heavy atom. The highest BCUT2D eigenvalue weighted by atomic mass is 19.4. The van der Waals surface area contributed by atoms with Gasteiger partial charge in [-0.3, -0.25) is 0 Å². The van der Waals surface area contributed by atoms with Crippen molar-refractivity contribution in [3.8, 4) is 5.75 Å². The summed E-state index contributed by atoms with van der Waals surface area (Å²) in [4.78, 5) is 0. The number of allylic oxidation sites excluding steroid dienone is 2. The third-order valence-corrected chi connectivity index (χ3v) is 7.21. The third kappa shape index (κ3) is 7.67. The highest BCUT2D eigenvalue weighted by Gasteiger charge is 2.31. The van der Waals surface area contributed by atoms with Crippen LogP contribution >= 0.6 is 0 Å². The number of aryl methyl sites for hydroxylation is 1. The minimum absolute atomic E-state index is 0.147. The molecule has 0 amide bonds. The molecule has 0 radical (unpaired) electrons. The van der Waals surface area contributed by atoms with E-state index >= 15 is 0 Å². The van der Waals surface area contributed by atoms with Crippen molar-refractivity contribution in [2.24, 2.45) is 17.8 Å². The fraction of sp³-hybridized carbons (Fsp3) is 0.692. The number of rotatable bonds is 9. The van der Waals surface area contributed by atoms with Crippen LogP contribution in [-0.2, 0) is 6.42 Å². The number of alkyl halides is 3. The molecule has 0 aliphatic heterocycles. The van der Waals surface area contributed by atoms with Crippen molar-refractivity contribution < 1.29 is 17.9 Å². The first-order chi connectivity index (χ1) is 14.4. The largest absolute Gasteiger partial charge is 0.573 e. The Kier molecular flexibility index (Phi) is 8.71. The molecule has 4 heteroatoms. The van der Waals surface area contributed by atoms with Gasteiger partial charge in [0.1, 0.15) is 5.75 Å². The molecule has 2 aliphatic carbocycles. The van der Waals surface area contributed by atoms with Gasteiger partial charge in [0, 0.05) is 0 Å². The highest BCUT2D eigenvalue weighted by molar-refractivity contribution is 5.28. The smallest absolute Gasteiger partial charge is 0.406 e. The zero-order valence-corrected chi connectivity index (χ0v) is 18.4. The second-order valence-corrected chi connectivity index (χ2v) is 9.37. The molecular weight excluding hydrogens is 385 g/mol. The quantitative estimate of drug-likeness (QED) is 0.286. The Morgan fingerprint density at radius 1 is 0.900 bits per heavy atom. The molecule has 0 spiro atoms. The summed E-state index contributed by atoms with van der Waals surface area (Å²) in [6.07, 6.45) is 14.8. The number of benzene rings is 1. The second-order valence-electron chi connectivity index (χ2n) is 9.37. The average molecular weight is 423 g/mol. The van der Waals surface area contributed by atoms with Gasteiger partial charge in [-0.1, -0.05) is 69.2 Å². The maximum absolute atomic E-state index is 12.3. The van der Waals surface area contributed by atoms with Gasteiger partial charge in [0.25, 0.3) is 0 Å². The number of hydrogen-bond donors (Lipinski definition) is 0. The van der Waals surface area contributed by atoms with Crippen molar-refractivity contribution in [3.05, 3.63) is 41.5 Å². The summed E-state index contributed by atoms with van der Waals surface area (Å²) in [5, 5.41) is 0. The zero-order chi connectivity index (χ0) is 21.4. The third-order valence-electron chi connectivity index (χ3n) is 7.21. The van der Waals surface area contributed by atoms with Gasteiger partial charge < -0.3 is 4.74 Å². The molecule has 1 unspecified atom stereocenters. The Labute approximate surface area is 180 Å². The molecule has 1 atom stereocenters. The lowest BCUT2D eigenvalue weighted by atomic mass is 9.70. The lowest BCUT2D eigenvalue weighted by Gasteiger charge is -2.35. The van der Waals surface area contributed by atoms with Crippen molar-refractivity contribution >= 4 is 0 Å². The van der Waals surface area contributed by atoms with E-state index in [-0.39, 0.29) is 5.75 Å². The summed E-state index contributed by atoms with van der Waals surface area (Å²) >= 11 is 0. The number of halogens is 3. The van der Waals surface area contributed by atoms with Crippen LogP contribution in [0.2, 0.25) is 0 Å². The molecular formula is C26H37F3O. The van der Waals surface area contributed by atoms with E-state index in [1.807, 2.05) is 0 Å². The van der Waals surface area contributed by atoms with Crippen molar-refractivity contribution in [1.82, 2.24) is 0 Å². The molecule has 0 N–H and O–H groups in total. The fourth-order valence-corrected chi connectivity index (χ4v) is 5.36. The van der Waals surface area contributed by atoms with E-state index in [4.69, 9.17) is 0 Å². The lowest BCUT2D eigenvalue weighted by molar-refractivity contribution is -0.274. The van der Waals surface area contributed by atoms with Crippen LogP contribution in [-0.4, -0.2) is 6.36 Å². The number of ether oxygens (including phenoxy) is 1. The first kappa shape index (κ1) is 23.2. The van der Waals surface area contributed by atoms with Crippen molar-refractivity contribution in [2.75, 3.05) is 0 Å². The first-order valence-corrected chi connectivity index (χ1v) is 12.0. The van der Waals surface area contributed by atoms with Crippen LogP contribution in [0.25, 0.3) is 0 Å². The minimum Gasteiger partial charge on any atom is -0.406 e. The summed E-state index contributed by atoms with van der Waals surface area (Å²) < 4.78 is 40.7. The summed E-state index contributed by atoms with van der Waals surface area (Å²) in [6, 6.07) is 6.30. The minimum atomic E-state index is -4.63.